The van der Waals surface area contributed by atoms with Gasteiger partial charge in [-0.15, -0.1) is 0 Å². The average molecular weight is 336 g/mol. The van der Waals surface area contributed by atoms with Crippen LogP contribution in [0.4, 0.5) is 4.39 Å². The van der Waals surface area contributed by atoms with E-state index in [0.29, 0.717) is 29.0 Å². The number of nitriles is 1. The van der Waals surface area contributed by atoms with E-state index in [1.54, 1.807) is 32.5 Å². The third-order valence-corrected chi connectivity index (χ3v) is 4.27. The van der Waals surface area contributed by atoms with E-state index >= 15 is 0 Å². The number of methoxy groups -OCH3 is 2. The number of fused-ring (bicyclic) bond motifs is 1. The number of ether oxygens (including phenoxy) is 2. The van der Waals surface area contributed by atoms with Crippen LogP contribution in [0.15, 0.2) is 36.5 Å². The fourth-order valence-electron chi connectivity index (χ4n) is 3.08. The molecule has 0 aliphatic carbocycles. The minimum absolute atomic E-state index is 0.331. The maximum atomic E-state index is 13.8. The first kappa shape index (κ1) is 16.7. The maximum Gasteiger partial charge on any atom is 0.140 e. The Bertz CT molecular complexity index is 976. The number of aromatic nitrogens is 1. The first-order valence-corrected chi connectivity index (χ1v) is 7.76. The molecule has 3 aromatic rings. The summed E-state index contributed by atoms with van der Waals surface area (Å²) in [6.07, 6.45) is 2.20. The van der Waals surface area contributed by atoms with E-state index in [-0.39, 0.29) is 5.82 Å². The topological polar surface area (TPSA) is 55.1 Å². The Morgan fingerprint density at radius 3 is 2.44 bits per heavy atom. The van der Waals surface area contributed by atoms with Gasteiger partial charge in [-0.1, -0.05) is 6.07 Å². The van der Waals surface area contributed by atoms with E-state index in [1.165, 1.54) is 12.1 Å². The molecule has 0 radical (unpaired) electrons. The number of nitrogens with zero attached hydrogens (tertiary/aromatic N) is 2. The standard InChI is InChI=1S/C20H17FN2O2/c1-12-17(8-13-4-6-15(10-22)23-11-13)20(25-3)18-9-14(21)5-7-16(18)19(12)24-2/h4-7,9,11H,8H2,1-3H3. The van der Waals surface area contributed by atoms with Crippen LogP contribution in [-0.4, -0.2) is 19.2 Å². The number of hydrogen-bond donors (Lipinski definition) is 0. The van der Waals surface area contributed by atoms with Gasteiger partial charge < -0.3 is 9.47 Å². The first-order valence-electron chi connectivity index (χ1n) is 7.76. The zero-order valence-corrected chi connectivity index (χ0v) is 14.3. The molecule has 0 saturated carbocycles. The van der Waals surface area contributed by atoms with Crippen molar-refractivity contribution in [2.75, 3.05) is 14.2 Å². The summed E-state index contributed by atoms with van der Waals surface area (Å²) in [7, 11) is 3.18. The summed E-state index contributed by atoms with van der Waals surface area (Å²) in [5.41, 5.74) is 3.13. The highest BCUT2D eigenvalue weighted by Crippen LogP contribution is 2.41. The quantitative estimate of drug-likeness (QED) is 0.718. The van der Waals surface area contributed by atoms with Crippen molar-refractivity contribution in [3.63, 3.8) is 0 Å². The molecule has 126 valence electrons. The van der Waals surface area contributed by atoms with Crippen molar-refractivity contribution >= 4 is 10.8 Å². The molecule has 0 spiro atoms. The van der Waals surface area contributed by atoms with Gasteiger partial charge in [-0.25, -0.2) is 9.37 Å². The van der Waals surface area contributed by atoms with Gasteiger partial charge in [-0.05, 0) is 42.3 Å². The molecule has 0 unspecified atom stereocenters. The van der Waals surface area contributed by atoms with Crippen molar-refractivity contribution in [1.29, 1.82) is 5.26 Å². The van der Waals surface area contributed by atoms with Crippen LogP contribution in [0.25, 0.3) is 10.8 Å². The van der Waals surface area contributed by atoms with Crippen molar-refractivity contribution in [2.24, 2.45) is 0 Å². The molecule has 1 aromatic heterocycles. The van der Waals surface area contributed by atoms with E-state index < -0.39 is 0 Å². The zero-order chi connectivity index (χ0) is 18.0. The molecule has 5 heteroatoms. The number of halogens is 1. The predicted octanol–water partition coefficient (Wildman–Crippen LogP) is 4.16. The second kappa shape index (κ2) is 6.78. The predicted molar refractivity (Wildman–Crippen MR) is 93.5 cm³/mol. The van der Waals surface area contributed by atoms with Gasteiger partial charge in [-0.3, -0.25) is 0 Å². The second-order valence-electron chi connectivity index (χ2n) is 5.70. The highest BCUT2D eigenvalue weighted by atomic mass is 19.1. The Labute approximate surface area is 145 Å². The lowest BCUT2D eigenvalue weighted by molar-refractivity contribution is 0.404. The van der Waals surface area contributed by atoms with Crippen molar-refractivity contribution in [3.8, 4) is 17.6 Å². The van der Waals surface area contributed by atoms with Crippen LogP contribution in [0.5, 0.6) is 11.5 Å². The van der Waals surface area contributed by atoms with Crippen molar-refractivity contribution in [2.45, 2.75) is 13.3 Å². The minimum atomic E-state index is -0.331. The molecule has 0 aliphatic rings. The maximum absolute atomic E-state index is 13.8. The molecule has 4 nitrogen and oxygen atoms in total. The molecule has 0 bridgehead atoms. The van der Waals surface area contributed by atoms with E-state index in [4.69, 9.17) is 14.7 Å². The Kier molecular flexibility index (Phi) is 4.53. The van der Waals surface area contributed by atoms with Crippen molar-refractivity contribution < 1.29 is 13.9 Å². The summed E-state index contributed by atoms with van der Waals surface area (Å²) in [5.74, 6) is 0.993. The fraction of sp³-hybridized carbons (Fsp3) is 0.200. The minimum Gasteiger partial charge on any atom is -0.496 e. The average Bonchev–Trinajstić information content (AvgIpc) is 2.63. The molecule has 0 fully saturated rings. The number of hydrogen-bond acceptors (Lipinski definition) is 4. The van der Waals surface area contributed by atoms with Crippen LogP contribution in [-0.2, 0) is 6.42 Å². The van der Waals surface area contributed by atoms with Crippen LogP contribution in [0.3, 0.4) is 0 Å². The lowest BCUT2D eigenvalue weighted by atomic mass is 9.94. The monoisotopic (exact) mass is 336 g/mol. The Morgan fingerprint density at radius 1 is 1.08 bits per heavy atom. The summed E-state index contributed by atoms with van der Waals surface area (Å²) < 4.78 is 25.0. The smallest absolute Gasteiger partial charge is 0.140 e. The van der Waals surface area contributed by atoms with E-state index in [9.17, 15) is 4.39 Å². The van der Waals surface area contributed by atoms with Crippen LogP contribution in [0.1, 0.15) is 22.4 Å². The normalized spacial score (nSPS) is 10.5. The highest BCUT2D eigenvalue weighted by molar-refractivity contribution is 5.96. The van der Waals surface area contributed by atoms with Crippen LogP contribution in [0.2, 0.25) is 0 Å². The van der Waals surface area contributed by atoms with Gasteiger partial charge in [-0.2, -0.15) is 5.26 Å². The van der Waals surface area contributed by atoms with Gasteiger partial charge in [0.2, 0.25) is 0 Å². The van der Waals surface area contributed by atoms with Gasteiger partial charge in [0.1, 0.15) is 29.1 Å². The Balaban J connectivity index is 2.22. The molecular weight excluding hydrogens is 319 g/mol. The molecular formula is C20H17FN2O2. The summed E-state index contributed by atoms with van der Waals surface area (Å²) in [5, 5.41) is 10.3. The number of rotatable bonds is 4. The largest absolute Gasteiger partial charge is 0.496 e. The van der Waals surface area contributed by atoms with Gasteiger partial charge >= 0.3 is 0 Å². The molecule has 0 atom stereocenters. The van der Waals surface area contributed by atoms with Crippen LogP contribution >= 0.6 is 0 Å². The van der Waals surface area contributed by atoms with Crippen LogP contribution in [0, 0.1) is 24.1 Å². The zero-order valence-electron chi connectivity index (χ0n) is 14.3. The Morgan fingerprint density at radius 2 is 1.84 bits per heavy atom. The molecule has 0 N–H and O–H groups in total. The van der Waals surface area contributed by atoms with Gasteiger partial charge in [0.25, 0.3) is 0 Å². The SMILES string of the molecule is COc1c(C)c(Cc2ccc(C#N)nc2)c(OC)c2cc(F)ccc12. The third-order valence-electron chi connectivity index (χ3n) is 4.27. The van der Waals surface area contributed by atoms with Gasteiger partial charge in [0.15, 0.2) is 0 Å². The lowest BCUT2D eigenvalue weighted by Gasteiger charge is -2.19. The highest BCUT2D eigenvalue weighted by Gasteiger charge is 2.19. The second-order valence-corrected chi connectivity index (χ2v) is 5.70. The van der Waals surface area contributed by atoms with E-state index in [1.807, 2.05) is 19.1 Å². The number of benzene rings is 2. The summed E-state index contributed by atoms with van der Waals surface area (Å²) in [6.45, 7) is 1.95. The summed E-state index contributed by atoms with van der Waals surface area (Å²) in [4.78, 5) is 4.10. The van der Waals surface area contributed by atoms with Crippen LogP contribution < -0.4 is 9.47 Å². The molecule has 25 heavy (non-hydrogen) atoms. The lowest BCUT2D eigenvalue weighted by Crippen LogP contribution is -2.02. The van der Waals surface area contributed by atoms with Gasteiger partial charge in [0, 0.05) is 29.0 Å². The first-order chi connectivity index (χ1) is 12.1. The summed E-state index contributed by atoms with van der Waals surface area (Å²) >= 11 is 0. The number of pyridine rings is 1. The molecule has 2 aromatic carbocycles. The summed E-state index contributed by atoms with van der Waals surface area (Å²) in [6, 6.07) is 10.1. The Hall–Kier alpha value is -3.13. The van der Waals surface area contributed by atoms with E-state index in [2.05, 4.69) is 4.98 Å². The van der Waals surface area contributed by atoms with E-state index in [0.717, 1.165) is 22.1 Å². The van der Waals surface area contributed by atoms with Crippen molar-refractivity contribution in [3.05, 3.63) is 64.7 Å². The molecule has 0 saturated heterocycles. The molecule has 0 aliphatic heterocycles. The molecule has 0 amide bonds. The fourth-order valence-corrected chi connectivity index (χ4v) is 3.08. The third kappa shape index (κ3) is 2.99. The van der Waals surface area contributed by atoms with Gasteiger partial charge in [0.05, 0.1) is 14.2 Å². The molecule has 3 rings (SSSR count). The van der Waals surface area contributed by atoms with Crippen molar-refractivity contribution in [1.82, 2.24) is 4.98 Å². The molecule has 1 heterocycles.